The van der Waals surface area contributed by atoms with Gasteiger partial charge in [-0.05, 0) is 42.8 Å². The lowest BCUT2D eigenvalue weighted by molar-refractivity contribution is 0.0947. The number of benzene rings is 1. The van der Waals surface area contributed by atoms with Gasteiger partial charge in [0.25, 0.3) is 5.91 Å². The van der Waals surface area contributed by atoms with Gasteiger partial charge in [0.1, 0.15) is 5.75 Å². The minimum absolute atomic E-state index is 0.160. The number of nitrogens with zero attached hydrogens (tertiary/aromatic N) is 4. The highest BCUT2D eigenvalue weighted by atomic mass is 16.5. The summed E-state index contributed by atoms with van der Waals surface area (Å²) in [5.41, 5.74) is 1.56. The number of aromatic nitrogens is 2. The van der Waals surface area contributed by atoms with Gasteiger partial charge in [-0.15, -0.1) is 10.2 Å². The maximum Gasteiger partial charge on any atom is 0.271 e. The molecule has 0 saturated carbocycles. The highest BCUT2D eigenvalue weighted by Crippen LogP contribution is 2.21. The second-order valence-corrected chi connectivity index (χ2v) is 6.56. The largest absolute Gasteiger partial charge is 0.497 e. The standard InChI is InChI=1S/C20H27N5O2/c1-3-4-11-21-20(26)18-9-10-19(23-22-18)25-14-12-24(13-15-25)16-5-7-17(27-2)8-6-16/h5-10H,3-4,11-15H2,1-2H3,(H,21,26). The van der Waals surface area contributed by atoms with E-state index in [9.17, 15) is 4.79 Å². The molecular formula is C20H27N5O2. The lowest BCUT2D eigenvalue weighted by Gasteiger charge is -2.36. The molecule has 1 aromatic heterocycles. The van der Waals surface area contributed by atoms with E-state index in [4.69, 9.17) is 4.74 Å². The van der Waals surface area contributed by atoms with Crippen molar-refractivity contribution in [3.05, 3.63) is 42.1 Å². The van der Waals surface area contributed by atoms with Crippen LogP contribution in [0.15, 0.2) is 36.4 Å². The molecular weight excluding hydrogens is 342 g/mol. The molecule has 0 atom stereocenters. The second kappa shape index (κ2) is 9.21. The molecule has 144 valence electrons. The van der Waals surface area contributed by atoms with Crippen molar-refractivity contribution in [1.29, 1.82) is 0 Å². The summed E-state index contributed by atoms with van der Waals surface area (Å²) >= 11 is 0. The Bertz CT molecular complexity index is 725. The predicted molar refractivity (Wildman–Crippen MR) is 107 cm³/mol. The highest BCUT2D eigenvalue weighted by Gasteiger charge is 2.19. The Kier molecular flexibility index (Phi) is 6.46. The number of methoxy groups -OCH3 is 1. The first kappa shape index (κ1) is 18.9. The number of rotatable bonds is 7. The van der Waals surface area contributed by atoms with Crippen molar-refractivity contribution >= 4 is 17.4 Å². The molecule has 2 aromatic rings. The lowest BCUT2D eigenvalue weighted by Crippen LogP contribution is -2.46. The first-order chi connectivity index (χ1) is 13.2. The number of piperazine rings is 1. The fourth-order valence-electron chi connectivity index (χ4n) is 3.07. The first-order valence-corrected chi connectivity index (χ1v) is 9.47. The van der Waals surface area contributed by atoms with Crippen LogP contribution < -0.4 is 19.9 Å². The molecule has 1 amide bonds. The van der Waals surface area contributed by atoms with Crippen molar-refractivity contribution in [1.82, 2.24) is 15.5 Å². The molecule has 1 fully saturated rings. The van der Waals surface area contributed by atoms with Crippen molar-refractivity contribution in [2.45, 2.75) is 19.8 Å². The van der Waals surface area contributed by atoms with Crippen LogP contribution in [0.5, 0.6) is 5.75 Å². The number of hydrogen-bond donors (Lipinski definition) is 1. The van der Waals surface area contributed by atoms with E-state index in [1.54, 1.807) is 13.2 Å². The van der Waals surface area contributed by atoms with Crippen LogP contribution >= 0.6 is 0 Å². The van der Waals surface area contributed by atoms with Crippen LogP contribution in [0.1, 0.15) is 30.3 Å². The summed E-state index contributed by atoms with van der Waals surface area (Å²) in [6, 6.07) is 11.8. The molecule has 1 aromatic carbocycles. The molecule has 1 aliphatic heterocycles. The minimum atomic E-state index is -0.160. The Morgan fingerprint density at radius 1 is 1.04 bits per heavy atom. The molecule has 1 saturated heterocycles. The molecule has 27 heavy (non-hydrogen) atoms. The Labute approximate surface area is 160 Å². The Morgan fingerprint density at radius 3 is 2.33 bits per heavy atom. The van der Waals surface area contributed by atoms with Gasteiger partial charge in [-0.3, -0.25) is 4.79 Å². The zero-order valence-electron chi connectivity index (χ0n) is 16.0. The van der Waals surface area contributed by atoms with Crippen molar-refractivity contribution in [2.75, 3.05) is 49.6 Å². The number of hydrogen-bond acceptors (Lipinski definition) is 6. The van der Waals surface area contributed by atoms with E-state index in [-0.39, 0.29) is 5.91 Å². The second-order valence-electron chi connectivity index (χ2n) is 6.56. The minimum Gasteiger partial charge on any atom is -0.497 e. The zero-order chi connectivity index (χ0) is 19.1. The van der Waals surface area contributed by atoms with Crippen LogP contribution in [0.3, 0.4) is 0 Å². The van der Waals surface area contributed by atoms with Crippen molar-refractivity contribution in [3.8, 4) is 5.75 Å². The summed E-state index contributed by atoms with van der Waals surface area (Å²) in [5.74, 6) is 1.52. The molecule has 7 heteroatoms. The van der Waals surface area contributed by atoms with Gasteiger partial charge in [-0.1, -0.05) is 13.3 Å². The van der Waals surface area contributed by atoms with E-state index in [0.29, 0.717) is 12.2 Å². The number of ether oxygens (including phenoxy) is 1. The van der Waals surface area contributed by atoms with Crippen LogP contribution in [0.25, 0.3) is 0 Å². The average molecular weight is 369 g/mol. The van der Waals surface area contributed by atoms with Gasteiger partial charge in [0.05, 0.1) is 7.11 Å². The third-order valence-electron chi connectivity index (χ3n) is 4.74. The number of carbonyl (C=O) groups is 1. The Hall–Kier alpha value is -2.83. The SMILES string of the molecule is CCCCNC(=O)c1ccc(N2CCN(c3ccc(OC)cc3)CC2)nn1. The smallest absolute Gasteiger partial charge is 0.271 e. The lowest BCUT2D eigenvalue weighted by atomic mass is 10.2. The van der Waals surface area contributed by atoms with Crippen LogP contribution in [-0.2, 0) is 0 Å². The quantitative estimate of drug-likeness (QED) is 0.756. The topological polar surface area (TPSA) is 70.6 Å². The van der Waals surface area contributed by atoms with Crippen molar-refractivity contribution in [2.24, 2.45) is 0 Å². The molecule has 1 aliphatic rings. The van der Waals surface area contributed by atoms with Gasteiger partial charge in [-0.2, -0.15) is 0 Å². The number of anilines is 2. The maximum atomic E-state index is 12.0. The number of unbranched alkanes of at least 4 members (excludes halogenated alkanes) is 1. The van der Waals surface area contributed by atoms with E-state index in [1.165, 1.54) is 5.69 Å². The van der Waals surface area contributed by atoms with Crippen LogP contribution in [-0.4, -0.2) is 55.9 Å². The third kappa shape index (κ3) is 4.87. The summed E-state index contributed by atoms with van der Waals surface area (Å²) in [6.07, 6.45) is 2.02. The molecule has 0 bridgehead atoms. The van der Waals surface area contributed by atoms with E-state index >= 15 is 0 Å². The van der Waals surface area contributed by atoms with E-state index < -0.39 is 0 Å². The molecule has 0 spiro atoms. The average Bonchev–Trinajstić information content (AvgIpc) is 2.74. The van der Waals surface area contributed by atoms with Gasteiger partial charge in [-0.25, -0.2) is 0 Å². The van der Waals surface area contributed by atoms with E-state index in [0.717, 1.165) is 50.6 Å². The number of amides is 1. The molecule has 3 rings (SSSR count). The van der Waals surface area contributed by atoms with Gasteiger partial charge in [0.15, 0.2) is 11.5 Å². The molecule has 0 aliphatic carbocycles. The van der Waals surface area contributed by atoms with Gasteiger partial charge in [0.2, 0.25) is 0 Å². The predicted octanol–water partition coefficient (Wildman–Crippen LogP) is 2.34. The van der Waals surface area contributed by atoms with E-state index in [1.807, 2.05) is 18.2 Å². The van der Waals surface area contributed by atoms with Crippen LogP contribution in [0.4, 0.5) is 11.5 Å². The Balaban J connectivity index is 1.53. The normalized spacial score (nSPS) is 14.1. The molecule has 7 nitrogen and oxygen atoms in total. The summed E-state index contributed by atoms with van der Waals surface area (Å²) in [5, 5.41) is 11.2. The van der Waals surface area contributed by atoms with Gasteiger partial charge >= 0.3 is 0 Å². The number of carbonyl (C=O) groups excluding carboxylic acids is 1. The van der Waals surface area contributed by atoms with Gasteiger partial charge < -0.3 is 19.9 Å². The van der Waals surface area contributed by atoms with Gasteiger partial charge in [0, 0.05) is 38.4 Å². The number of nitrogens with one attached hydrogen (secondary N) is 1. The van der Waals surface area contributed by atoms with Crippen LogP contribution in [0.2, 0.25) is 0 Å². The zero-order valence-corrected chi connectivity index (χ0v) is 16.0. The maximum absolute atomic E-state index is 12.0. The molecule has 0 radical (unpaired) electrons. The summed E-state index contributed by atoms with van der Waals surface area (Å²) < 4.78 is 5.21. The summed E-state index contributed by atoms with van der Waals surface area (Å²) in [4.78, 5) is 16.6. The molecule has 0 unspecified atom stereocenters. The first-order valence-electron chi connectivity index (χ1n) is 9.47. The van der Waals surface area contributed by atoms with Crippen molar-refractivity contribution < 1.29 is 9.53 Å². The highest BCUT2D eigenvalue weighted by molar-refractivity contribution is 5.92. The fraction of sp³-hybridized carbons (Fsp3) is 0.450. The fourth-order valence-corrected chi connectivity index (χ4v) is 3.07. The molecule has 1 N–H and O–H groups in total. The summed E-state index contributed by atoms with van der Waals surface area (Å²) in [6.45, 7) is 6.31. The Morgan fingerprint density at radius 2 is 1.74 bits per heavy atom. The van der Waals surface area contributed by atoms with Crippen LogP contribution in [0, 0.1) is 0 Å². The van der Waals surface area contributed by atoms with Crippen molar-refractivity contribution in [3.63, 3.8) is 0 Å². The summed E-state index contributed by atoms with van der Waals surface area (Å²) in [7, 11) is 1.68. The monoisotopic (exact) mass is 369 g/mol. The third-order valence-corrected chi connectivity index (χ3v) is 4.74. The molecule has 2 heterocycles. The van der Waals surface area contributed by atoms with E-state index in [2.05, 4.69) is 44.4 Å².